The second-order valence-corrected chi connectivity index (χ2v) is 7.10. The van der Waals surface area contributed by atoms with Gasteiger partial charge in [0.25, 0.3) is 0 Å². The number of methoxy groups -OCH3 is 1. The van der Waals surface area contributed by atoms with E-state index in [0.29, 0.717) is 16.2 Å². The zero-order chi connectivity index (χ0) is 20.1. The van der Waals surface area contributed by atoms with E-state index in [1.807, 2.05) is 6.07 Å². The molecule has 1 heterocycles. The molecule has 1 aliphatic rings. The second kappa shape index (κ2) is 8.72. The predicted octanol–water partition coefficient (Wildman–Crippen LogP) is 3.50. The van der Waals surface area contributed by atoms with Crippen LogP contribution in [0.1, 0.15) is 17.0 Å². The van der Waals surface area contributed by atoms with Gasteiger partial charge in [-0.25, -0.2) is 4.39 Å². The van der Waals surface area contributed by atoms with Gasteiger partial charge in [0.1, 0.15) is 11.7 Å². The van der Waals surface area contributed by atoms with Gasteiger partial charge in [-0.15, -0.1) is 11.8 Å². The third-order valence-corrected chi connectivity index (χ3v) is 5.54. The van der Waals surface area contributed by atoms with Crippen molar-refractivity contribution in [3.05, 3.63) is 82.1 Å². The molecule has 0 saturated heterocycles. The van der Waals surface area contributed by atoms with Crippen molar-refractivity contribution >= 4 is 23.6 Å². The van der Waals surface area contributed by atoms with Crippen LogP contribution in [0.5, 0.6) is 0 Å². The zero-order valence-electron chi connectivity index (χ0n) is 15.0. The molecule has 0 spiro atoms. The first-order valence-electron chi connectivity index (χ1n) is 8.51. The van der Waals surface area contributed by atoms with Gasteiger partial charge < -0.3 is 10.1 Å². The first-order chi connectivity index (χ1) is 13.6. The van der Waals surface area contributed by atoms with E-state index in [9.17, 15) is 19.2 Å². The third kappa shape index (κ3) is 3.92. The van der Waals surface area contributed by atoms with Crippen molar-refractivity contribution in [1.82, 2.24) is 5.32 Å². The lowest BCUT2D eigenvalue weighted by Gasteiger charge is -2.31. The van der Waals surface area contributed by atoms with Crippen molar-refractivity contribution in [2.24, 2.45) is 5.92 Å². The van der Waals surface area contributed by atoms with Gasteiger partial charge in [-0.3, -0.25) is 9.59 Å². The van der Waals surface area contributed by atoms with Crippen LogP contribution < -0.4 is 5.32 Å². The molecule has 5 nitrogen and oxygen atoms in total. The van der Waals surface area contributed by atoms with Crippen LogP contribution in [-0.2, 0) is 20.1 Å². The average molecular weight is 396 g/mol. The summed E-state index contributed by atoms with van der Waals surface area (Å²) in [5.41, 5.74) is 1.37. The quantitative estimate of drug-likeness (QED) is 0.618. The Bertz CT molecular complexity index is 969. The fourth-order valence-corrected chi connectivity index (χ4v) is 4.14. The number of hydrogen-bond donors (Lipinski definition) is 1. The normalized spacial score (nSPS) is 19.0. The van der Waals surface area contributed by atoms with Gasteiger partial charge in [-0.05, 0) is 17.2 Å². The number of amides is 1. The number of nitriles is 1. The molecule has 7 heteroatoms. The number of halogens is 1. The minimum atomic E-state index is -1.17. The Balaban J connectivity index is 2.01. The summed E-state index contributed by atoms with van der Waals surface area (Å²) >= 11 is 1.15. The van der Waals surface area contributed by atoms with Crippen molar-refractivity contribution in [3.63, 3.8) is 0 Å². The fraction of sp³-hybridized carbons (Fsp3) is 0.190. The first kappa shape index (κ1) is 19.6. The highest BCUT2D eigenvalue weighted by molar-refractivity contribution is 8.02. The highest BCUT2D eigenvalue weighted by atomic mass is 32.2. The highest BCUT2D eigenvalue weighted by Gasteiger charge is 2.44. The van der Waals surface area contributed by atoms with Crippen LogP contribution in [0.3, 0.4) is 0 Å². The number of carbonyl (C=O) groups excluding carboxylic acids is 2. The minimum Gasteiger partial charge on any atom is -0.468 e. The lowest BCUT2D eigenvalue weighted by molar-refractivity contribution is -0.150. The number of esters is 1. The molecule has 2 atom stereocenters. The number of thioether (sulfide) groups is 1. The summed E-state index contributed by atoms with van der Waals surface area (Å²) in [5, 5.41) is 12.8. The van der Waals surface area contributed by atoms with Gasteiger partial charge in [0.2, 0.25) is 5.91 Å². The van der Waals surface area contributed by atoms with Crippen LogP contribution in [0, 0.1) is 23.1 Å². The van der Waals surface area contributed by atoms with Crippen molar-refractivity contribution in [3.8, 4) is 6.07 Å². The summed E-state index contributed by atoms with van der Waals surface area (Å²) in [7, 11) is 1.20. The van der Waals surface area contributed by atoms with Crippen LogP contribution in [0.25, 0.3) is 0 Å². The van der Waals surface area contributed by atoms with E-state index >= 15 is 0 Å². The van der Waals surface area contributed by atoms with Gasteiger partial charge in [-0.1, -0.05) is 48.5 Å². The van der Waals surface area contributed by atoms with Gasteiger partial charge in [0.15, 0.2) is 0 Å². The number of rotatable bonds is 5. The van der Waals surface area contributed by atoms with E-state index in [2.05, 4.69) is 11.4 Å². The molecule has 0 bridgehead atoms. The Labute approximate surface area is 166 Å². The number of nitrogens with zero attached hydrogens (tertiary/aromatic N) is 1. The number of nitrogens with one attached hydrogen (secondary N) is 1. The summed E-state index contributed by atoms with van der Waals surface area (Å²) in [5.74, 6) is -3.32. The Morgan fingerprint density at radius 3 is 2.54 bits per heavy atom. The molecule has 0 saturated carbocycles. The fourth-order valence-electron chi connectivity index (χ4n) is 3.11. The molecule has 3 rings (SSSR count). The van der Waals surface area contributed by atoms with Gasteiger partial charge >= 0.3 is 5.97 Å². The third-order valence-electron chi connectivity index (χ3n) is 4.47. The topological polar surface area (TPSA) is 79.2 Å². The molecule has 0 unspecified atom stereocenters. The number of ether oxygens (including phenoxy) is 1. The van der Waals surface area contributed by atoms with E-state index < -0.39 is 23.7 Å². The van der Waals surface area contributed by atoms with Crippen LogP contribution in [0.4, 0.5) is 4.39 Å². The summed E-state index contributed by atoms with van der Waals surface area (Å²) in [6.07, 6.45) is 0. The molecule has 0 fully saturated rings. The maximum absolute atomic E-state index is 13.9. The average Bonchev–Trinajstić information content (AvgIpc) is 2.72. The molecule has 142 valence electrons. The smallest absolute Gasteiger partial charge is 0.319 e. The number of carbonyl (C=O) groups is 2. The van der Waals surface area contributed by atoms with E-state index in [0.717, 1.165) is 11.8 Å². The summed E-state index contributed by atoms with van der Waals surface area (Å²) in [6.45, 7) is 0. The highest BCUT2D eigenvalue weighted by Crippen LogP contribution is 2.40. The number of benzene rings is 2. The SMILES string of the molecule is COC(=O)[C@H]1C(=O)NC(SCc2ccccc2F)=C(C#N)[C@@H]1c1ccccc1. The lowest BCUT2D eigenvalue weighted by atomic mass is 9.78. The largest absolute Gasteiger partial charge is 0.468 e. The maximum Gasteiger partial charge on any atom is 0.319 e. The Morgan fingerprint density at radius 2 is 1.89 bits per heavy atom. The molecule has 0 aromatic heterocycles. The predicted molar refractivity (Wildman–Crippen MR) is 103 cm³/mol. The summed E-state index contributed by atoms with van der Waals surface area (Å²) in [6, 6.07) is 17.3. The number of hydrogen-bond acceptors (Lipinski definition) is 5. The molecule has 28 heavy (non-hydrogen) atoms. The van der Waals surface area contributed by atoms with E-state index in [1.165, 1.54) is 13.2 Å². The Morgan fingerprint density at radius 1 is 1.21 bits per heavy atom. The van der Waals surface area contributed by atoms with Crippen molar-refractivity contribution in [1.29, 1.82) is 5.26 Å². The Kier molecular flexibility index (Phi) is 6.12. The second-order valence-electron chi connectivity index (χ2n) is 6.11. The lowest BCUT2D eigenvalue weighted by Crippen LogP contribution is -2.44. The van der Waals surface area contributed by atoms with Crippen LogP contribution >= 0.6 is 11.8 Å². The molecule has 2 aromatic carbocycles. The van der Waals surface area contributed by atoms with Crippen molar-refractivity contribution in [2.75, 3.05) is 7.11 Å². The van der Waals surface area contributed by atoms with Gasteiger partial charge in [0.05, 0.1) is 23.8 Å². The van der Waals surface area contributed by atoms with E-state index in [4.69, 9.17) is 4.74 Å². The number of allylic oxidation sites excluding steroid dienone is 1. The van der Waals surface area contributed by atoms with Crippen molar-refractivity contribution < 1.29 is 18.7 Å². The van der Waals surface area contributed by atoms with Crippen LogP contribution in [0.2, 0.25) is 0 Å². The Hall–Kier alpha value is -3.11. The van der Waals surface area contributed by atoms with E-state index in [1.54, 1.807) is 42.5 Å². The van der Waals surface area contributed by atoms with Crippen LogP contribution in [0.15, 0.2) is 65.2 Å². The monoisotopic (exact) mass is 396 g/mol. The molecule has 0 aliphatic carbocycles. The van der Waals surface area contributed by atoms with Gasteiger partial charge in [0, 0.05) is 11.7 Å². The molecular weight excluding hydrogens is 379 g/mol. The van der Waals surface area contributed by atoms with Crippen LogP contribution in [-0.4, -0.2) is 19.0 Å². The molecule has 0 radical (unpaired) electrons. The summed E-state index contributed by atoms with van der Waals surface area (Å²) in [4.78, 5) is 25.0. The standard InChI is InChI=1S/C21H17FN2O3S/c1-27-21(26)18-17(13-7-3-2-4-8-13)15(11-23)20(24-19(18)25)28-12-14-9-5-6-10-16(14)22/h2-10,17-18H,12H2,1H3,(H,24,25)/t17-,18+/m0/s1. The molecule has 1 aliphatic heterocycles. The maximum atomic E-state index is 13.9. The molecule has 1 N–H and O–H groups in total. The van der Waals surface area contributed by atoms with Gasteiger partial charge in [-0.2, -0.15) is 5.26 Å². The summed E-state index contributed by atoms with van der Waals surface area (Å²) < 4.78 is 18.7. The minimum absolute atomic E-state index is 0.234. The molecular formula is C21H17FN2O3S. The first-order valence-corrected chi connectivity index (χ1v) is 9.49. The molecule has 1 amide bonds. The zero-order valence-corrected chi connectivity index (χ0v) is 15.8. The van der Waals surface area contributed by atoms with E-state index in [-0.39, 0.29) is 17.1 Å². The van der Waals surface area contributed by atoms with Crippen molar-refractivity contribution in [2.45, 2.75) is 11.7 Å². The molecule has 2 aromatic rings.